The van der Waals surface area contributed by atoms with Crippen molar-refractivity contribution in [3.8, 4) is 5.75 Å². The van der Waals surface area contributed by atoms with Gasteiger partial charge in [-0.2, -0.15) is 0 Å². The largest absolute Gasteiger partial charge is 0.507 e. The molecule has 1 fully saturated rings. The van der Waals surface area contributed by atoms with E-state index in [0.717, 1.165) is 15.8 Å². The second-order valence-corrected chi connectivity index (χ2v) is 8.62. The zero-order valence-corrected chi connectivity index (χ0v) is 18.8. The number of aliphatic hydroxyl groups is 1. The van der Waals surface area contributed by atoms with E-state index < -0.39 is 17.7 Å². The molecule has 2 aromatic carbocycles. The number of thiazole rings is 1. The van der Waals surface area contributed by atoms with Crippen LogP contribution in [-0.4, -0.2) is 28.4 Å². The minimum Gasteiger partial charge on any atom is -0.507 e. The number of ketones is 1. The Morgan fingerprint density at radius 2 is 1.97 bits per heavy atom. The molecule has 1 aliphatic rings. The quantitative estimate of drug-likeness (QED) is 0.249. The number of aryl methyl sites for hydroxylation is 1. The summed E-state index contributed by atoms with van der Waals surface area (Å²) in [6.07, 6.45) is 1.47. The van der Waals surface area contributed by atoms with E-state index in [1.807, 2.05) is 32.0 Å². The molecule has 1 atom stereocenters. The van der Waals surface area contributed by atoms with Crippen LogP contribution in [0.5, 0.6) is 5.75 Å². The zero-order valence-electron chi connectivity index (χ0n) is 17.9. The first-order valence-electron chi connectivity index (χ1n) is 10.4. The van der Waals surface area contributed by atoms with Crippen molar-refractivity contribution < 1.29 is 23.8 Å². The summed E-state index contributed by atoms with van der Waals surface area (Å²) >= 11 is 1.31. The van der Waals surface area contributed by atoms with Crippen LogP contribution >= 0.6 is 11.3 Å². The van der Waals surface area contributed by atoms with E-state index in [1.165, 1.54) is 22.5 Å². The van der Waals surface area contributed by atoms with Gasteiger partial charge in [-0.05, 0) is 67.9 Å². The molecule has 5 rings (SSSR count). The zero-order chi connectivity index (χ0) is 23.1. The SMILES string of the molecule is CCOc1ccc(C(O)=C2C(=O)C(=O)N(c3nc4ccc(C)cc4s3)C2c2ccco2)cc1. The van der Waals surface area contributed by atoms with Crippen LogP contribution in [-0.2, 0) is 9.59 Å². The fraction of sp³-hybridized carbons (Fsp3) is 0.160. The van der Waals surface area contributed by atoms with Gasteiger partial charge in [0, 0.05) is 5.56 Å². The molecule has 0 spiro atoms. The number of amides is 1. The first-order chi connectivity index (χ1) is 16.0. The number of Topliss-reactive ketones (excluding diaryl/α,β-unsaturated/α-hetero) is 1. The molecular weight excluding hydrogens is 440 g/mol. The van der Waals surface area contributed by atoms with Crippen molar-refractivity contribution in [2.75, 3.05) is 11.5 Å². The number of aliphatic hydroxyl groups excluding tert-OH is 1. The lowest BCUT2D eigenvalue weighted by Crippen LogP contribution is -2.29. The van der Waals surface area contributed by atoms with Crippen molar-refractivity contribution in [3.63, 3.8) is 0 Å². The van der Waals surface area contributed by atoms with Gasteiger partial charge in [0.2, 0.25) is 0 Å². The Kier molecular flexibility index (Phi) is 5.22. The van der Waals surface area contributed by atoms with Crippen LogP contribution in [0.1, 0.15) is 29.9 Å². The molecule has 166 valence electrons. The van der Waals surface area contributed by atoms with Crippen molar-refractivity contribution in [3.05, 3.63) is 83.3 Å². The number of hydrogen-bond acceptors (Lipinski definition) is 7. The number of ether oxygens (including phenoxy) is 1. The summed E-state index contributed by atoms with van der Waals surface area (Å²) in [5.41, 5.74) is 2.15. The van der Waals surface area contributed by atoms with Crippen LogP contribution in [0.15, 0.2) is 70.9 Å². The van der Waals surface area contributed by atoms with Crippen molar-refractivity contribution in [2.24, 2.45) is 0 Å². The highest BCUT2D eigenvalue weighted by molar-refractivity contribution is 7.22. The lowest BCUT2D eigenvalue weighted by Gasteiger charge is -2.20. The summed E-state index contributed by atoms with van der Waals surface area (Å²) < 4.78 is 11.9. The van der Waals surface area contributed by atoms with Gasteiger partial charge in [0.25, 0.3) is 5.78 Å². The van der Waals surface area contributed by atoms with Crippen LogP contribution in [0, 0.1) is 6.92 Å². The summed E-state index contributed by atoms with van der Waals surface area (Å²) in [5, 5.41) is 11.5. The molecule has 3 heterocycles. The molecular formula is C25H20N2O5S. The Labute approximate surface area is 193 Å². The topological polar surface area (TPSA) is 92.9 Å². The smallest absolute Gasteiger partial charge is 0.302 e. The van der Waals surface area contributed by atoms with Crippen molar-refractivity contribution in [1.29, 1.82) is 0 Å². The average Bonchev–Trinajstić information content (AvgIpc) is 3.53. The van der Waals surface area contributed by atoms with Gasteiger partial charge in [-0.15, -0.1) is 0 Å². The molecule has 2 aromatic heterocycles. The highest BCUT2D eigenvalue weighted by Gasteiger charge is 2.49. The summed E-state index contributed by atoms with van der Waals surface area (Å²) in [6, 6.07) is 14.9. The number of furan rings is 1. The van der Waals surface area contributed by atoms with Gasteiger partial charge in [-0.1, -0.05) is 17.4 Å². The van der Waals surface area contributed by atoms with Gasteiger partial charge < -0.3 is 14.3 Å². The van der Waals surface area contributed by atoms with Gasteiger partial charge in [-0.25, -0.2) is 4.98 Å². The fourth-order valence-electron chi connectivity index (χ4n) is 3.90. The molecule has 0 radical (unpaired) electrons. The Morgan fingerprint density at radius 3 is 2.67 bits per heavy atom. The Morgan fingerprint density at radius 1 is 1.18 bits per heavy atom. The standard InChI is InChI=1S/C25H20N2O5S/c1-3-31-16-9-7-15(8-10-16)22(28)20-21(18-5-4-12-32-18)27(24(30)23(20)29)25-26-17-11-6-14(2)13-19(17)33-25/h4-13,21,28H,3H2,1-2H3. The van der Waals surface area contributed by atoms with Crippen molar-refractivity contribution >= 4 is 44.1 Å². The Bertz CT molecular complexity index is 1390. The molecule has 0 bridgehead atoms. The lowest BCUT2D eigenvalue weighted by atomic mass is 9.99. The third-order valence-corrected chi connectivity index (χ3v) is 6.45. The maximum absolute atomic E-state index is 13.2. The first kappa shape index (κ1) is 21.0. The number of carbonyl (C=O) groups excluding carboxylic acids is 2. The predicted molar refractivity (Wildman–Crippen MR) is 125 cm³/mol. The molecule has 1 aliphatic heterocycles. The van der Waals surface area contributed by atoms with Crippen LogP contribution in [0.2, 0.25) is 0 Å². The Balaban J connectivity index is 1.65. The van der Waals surface area contributed by atoms with E-state index in [0.29, 0.717) is 28.8 Å². The number of carbonyl (C=O) groups is 2. The number of nitrogens with zero attached hydrogens (tertiary/aromatic N) is 2. The maximum atomic E-state index is 13.2. The number of anilines is 1. The lowest BCUT2D eigenvalue weighted by molar-refractivity contribution is -0.132. The van der Waals surface area contributed by atoms with Gasteiger partial charge in [0.05, 0.1) is 28.7 Å². The summed E-state index contributed by atoms with van der Waals surface area (Å²) in [4.78, 5) is 32.2. The normalized spacial score (nSPS) is 17.8. The molecule has 1 saturated heterocycles. The second-order valence-electron chi connectivity index (χ2n) is 7.61. The number of fused-ring (bicyclic) bond motifs is 1. The van der Waals surface area contributed by atoms with Gasteiger partial charge in [0.15, 0.2) is 5.13 Å². The van der Waals surface area contributed by atoms with Gasteiger partial charge >= 0.3 is 5.91 Å². The second kappa shape index (κ2) is 8.22. The number of aromatic nitrogens is 1. The van der Waals surface area contributed by atoms with Crippen LogP contribution in [0.25, 0.3) is 16.0 Å². The summed E-state index contributed by atoms with van der Waals surface area (Å²) in [6.45, 7) is 4.36. The van der Waals surface area contributed by atoms with Crippen molar-refractivity contribution in [1.82, 2.24) is 4.98 Å². The number of benzene rings is 2. The molecule has 0 aliphatic carbocycles. The molecule has 1 amide bonds. The molecule has 0 saturated carbocycles. The predicted octanol–water partition coefficient (Wildman–Crippen LogP) is 5.22. The third kappa shape index (κ3) is 3.58. The number of rotatable bonds is 5. The molecule has 1 unspecified atom stereocenters. The highest BCUT2D eigenvalue weighted by atomic mass is 32.1. The van der Waals surface area contributed by atoms with E-state index >= 15 is 0 Å². The monoisotopic (exact) mass is 460 g/mol. The van der Waals surface area contributed by atoms with Crippen LogP contribution in [0.4, 0.5) is 5.13 Å². The fourth-order valence-corrected chi connectivity index (χ4v) is 4.99. The maximum Gasteiger partial charge on any atom is 0.302 e. The van der Waals surface area contributed by atoms with Crippen molar-refractivity contribution in [2.45, 2.75) is 19.9 Å². The average molecular weight is 461 g/mol. The van der Waals surface area contributed by atoms with E-state index in [2.05, 4.69) is 4.98 Å². The Hall–Kier alpha value is -3.91. The van der Waals surface area contributed by atoms with E-state index in [-0.39, 0.29) is 11.3 Å². The molecule has 7 nitrogen and oxygen atoms in total. The third-order valence-electron chi connectivity index (χ3n) is 5.43. The number of hydrogen-bond donors (Lipinski definition) is 1. The molecule has 4 aromatic rings. The minimum absolute atomic E-state index is 0.0467. The van der Waals surface area contributed by atoms with E-state index in [9.17, 15) is 14.7 Å². The van der Waals surface area contributed by atoms with Crippen LogP contribution < -0.4 is 9.64 Å². The van der Waals surface area contributed by atoms with Crippen LogP contribution in [0.3, 0.4) is 0 Å². The molecule has 8 heteroatoms. The highest BCUT2D eigenvalue weighted by Crippen LogP contribution is 2.44. The molecule has 1 N–H and O–H groups in total. The summed E-state index contributed by atoms with van der Waals surface area (Å²) in [7, 11) is 0. The first-order valence-corrected chi connectivity index (χ1v) is 11.2. The molecule has 33 heavy (non-hydrogen) atoms. The van der Waals surface area contributed by atoms with E-state index in [4.69, 9.17) is 9.15 Å². The van der Waals surface area contributed by atoms with Gasteiger partial charge in [-0.3, -0.25) is 14.5 Å². The minimum atomic E-state index is -0.937. The summed E-state index contributed by atoms with van der Waals surface area (Å²) in [5.74, 6) is -0.839. The van der Waals surface area contributed by atoms with Gasteiger partial charge in [0.1, 0.15) is 23.3 Å². The van der Waals surface area contributed by atoms with E-state index in [1.54, 1.807) is 36.4 Å².